The number of likely N-dealkylation sites (tertiary alicyclic amines) is 1. The van der Waals surface area contributed by atoms with Gasteiger partial charge in [0.15, 0.2) is 0 Å². The summed E-state index contributed by atoms with van der Waals surface area (Å²) in [6.07, 6.45) is 6.71. The lowest BCUT2D eigenvalue weighted by molar-refractivity contribution is 0.129. The Kier molecular flexibility index (Phi) is 6.35. The van der Waals surface area contributed by atoms with Gasteiger partial charge in [-0.3, -0.25) is 4.90 Å². The Morgan fingerprint density at radius 2 is 1.84 bits per heavy atom. The van der Waals surface area contributed by atoms with Crippen molar-refractivity contribution >= 4 is 39.9 Å². The van der Waals surface area contributed by atoms with E-state index in [-0.39, 0.29) is 6.04 Å². The molecule has 1 aromatic heterocycles. The van der Waals surface area contributed by atoms with Crippen molar-refractivity contribution in [1.82, 2.24) is 14.5 Å². The Morgan fingerprint density at radius 3 is 2.59 bits per heavy atom. The van der Waals surface area contributed by atoms with Gasteiger partial charge in [-0.2, -0.15) is 0 Å². The highest BCUT2D eigenvalue weighted by Gasteiger charge is 2.28. The molecule has 0 spiro atoms. The summed E-state index contributed by atoms with van der Waals surface area (Å²) in [5.41, 5.74) is 10.7. The van der Waals surface area contributed by atoms with Gasteiger partial charge in [-0.05, 0) is 75.0 Å². The standard InChI is InChI=1S/C25H31Cl2N5/c1-17(22-6-4-18(26)13-23(22)27)32-16-29-24-7-5-21(14-25(24)32)30-11-8-20(9-12-30)31-10-2-3-19(28)15-31/h4-7,13-14,16-17,19-20H,2-3,8-12,15,28H2,1H3/t17-,19?/m1/s1. The summed E-state index contributed by atoms with van der Waals surface area (Å²) >= 11 is 12.6. The lowest BCUT2D eigenvalue weighted by Crippen LogP contribution is -2.51. The van der Waals surface area contributed by atoms with Crippen molar-refractivity contribution in [2.24, 2.45) is 5.73 Å². The molecule has 0 saturated carbocycles. The average molecular weight is 472 g/mol. The van der Waals surface area contributed by atoms with E-state index in [1.54, 1.807) is 6.07 Å². The van der Waals surface area contributed by atoms with Crippen LogP contribution in [0.1, 0.15) is 44.2 Å². The van der Waals surface area contributed by atoms with Crippen LogP contribution in [0.15, 0.2) is 42.7 Å². The Bertz CT molecular complexity index is 1090. The summed E-state index contributed by atoms with van der Waals surface area (Å²) in [5.74, 6) is 0. The number of nitrogens with two attached hydrogens (primary N) is 1. The van der Waals surface area contributed by atoms with Gasteiger partial charge in [-0.1, -0.05) is 29.3 Å². The normalized spacial score (nSPS) is 21.9. The van der Waals surface area contributed by atoms with Gasteiger partial charge in [-0.25, -0.2) is 4.98 Å². The second kappa shape index (κ2) is 9.22. The van der Waals surface area contributed by atoms with Gasteiger partial charge < -0.3 is 15.2 Å². The SMILES string of the molecule is C[C@H](c1ccc(Cl)cc1Cl)n1cnc2ccc(N3CCC(N4CCCC(N)C4)CC3)cc21. The van der Waals surface area contributed by atoms with Crippen LogP contribution in [-0.2, 0) is 0 Å². The quantitative estimate of drug-likeness (QED) is 0.557. The van der Waals surface area contributed by atoms with Crippen LogP contribution in [0.3, 0.4) is 0 Å². The molecule has 2 aromatic carbocycles. The van der Waals surface area contributed by atoms with Crippen LogP contribution >= 0.6 is 23.2 Å². The first-order valence-electron chi connectivity index (χ1n) is 11.7. The van der Waals surface area contributed by atoms with Crippen LogP contribution in [0.5, 0.6) is 0 Å². The Balaban J connectivity index is 1.34. The highest BCUT2D eigenvalue weighted by atomic mass is 35.5. The number of rotatable bonds is 4. The summed E-state index contributed by atoms with van der Waals surface area (Å²) in [7, 11) is 0. The molecule has 0 amide bonds. The third-order valence-electron chi connectivity index (χ3n) is 7.22. The lowest BCUT2D eigenvalue weighted by Gasteiger charge is -2.42. The van der Waals surface area contributed by atoms with Gasteiger partial charge in [0.05, 0.1) is 23.4 Å². The smallest absolute Gasteiger partial charge is 0.0964 e. The third-order valence-corrected chi connectivity index (χ3v) is 7.79. The zero-order valence-corrected chi connectivity index (χ0v) is 20.1. The number of imidazole rings is 1. The van der Waals surface area contributed by atoms with Crippen molar-refractivity contribution in [2.45, 2.75) is 50.7 Å². The minimum absolute atomic E-state index is 0.0639. The number of benzene rings is 2. The number of aromatic nitrogens is 2. The molecule has 2 atom stereocenters. The van der Waals surface area contributed by atoms with E-state index in [0.29, 0.717) is 22.1 Å². The Labute approximate surface area is 200 Å². The molecule has 2 aliphatic rings. The lowest BCUT2D eigenvalue weighted by atomic mass is 9.98. The van der Waals surface area contributed by atoms with E-state index in [9.17, 15) is 0 Å². The molecule has 0 aliphatic carbocycles. The van der Waals surface area contributed by atoms with Crippen LogP contribution < -0.4 is 10.6 Å². The molecule has 0 radical (unpaired) electrons. The van der Waals surface area contributed by atoms with E-state index in [0.717, 1.165) is 36.2 Å². The first-order valence-corrected chi connectivity index (χ1v) is 12.4. The van der Waals surface area contributed by atoms with Crippen LogP contribution in [0, 0.1) is 0 Å². The maximum absolute atomic E-state index is 6.49. The molecule has 2 N–H and O–H groups in total. The van der Waals surface area contributed by atoms with Crippen molar-refractivity contribution in [3.05, 3.63) is 58.3 Å². The summed E-state index contributed by atoms with van der Waals surface area (Å²) < 4.78 is 2.20. The predicted octanol–water partition coefficient (Wildman–Crippen LogP) is 5.34. The molecule has 2 saturated heterocycles. The van der Waals surface area contributed by atoms with E-state index in [2.05, 4.69) is 44.5 Å². The molecule has 5 nitrogen and oxygen atoms in total. The molecule has 0 bridgehead atoms. The van der Waals surface area contributed by atoms with Gasteiger partial charge >= 0.3 is 0 Å². The van der Waals surface area contributed by atoms with Gasteiger partial charge in [0, 0.05) is 47.5 Å². The number of piperidine rings is 2. The van der Waals surface area contributed by atoms with Gasteiger partial charge in [-0.15, -0.1) is 0 Å². The third kappa shape index (κ3) is 4.36. The van der Waals surface area contributed by atoms with E-state index in [1.807, 2.05) is 18.5 Å². The fourth-order valence-electron chi connectivity index (χ4n) is 5.37. The number of hydrogen-bond acceptors (Lipinski definition) is 4. The largest absolute Gasteiger partial charge is 0.371 e. The van der Waals surface area contributed by atoms with E-state index >= 15 is 0 Å². The minimum atomic E-state index is 0.0639. The second-order valence-corrected chi connectivity index (χ2v) is 10.1. The molecule has 170 valence electrons. The summed E-state index contributed by atoms with van der Waals surface area (Å²) in [6.45, 7) is 6.57. The number of fused-ring (bicyclic) bond motifs is 1. The molecule has 7 heteroatoms. The van der Waals surface area contributed by atoms with Gasteiger partial charge in [0.25, 0.3) is 0 Å². The van der Waals surface area contributed by atoms with Crippen molar-refractivity contribution in [3.8, 4) is 0 Å². The van der Waals surface area contributed by atoms with Crippen LogP contribution in [0.4, 0.5) is 5.69 Å². The van der Waals surface area contributed by atoms with Crippen molar-refractivity contribution in [3.63, 3.8) is 0 Å². The maximum Gasteiger partial charge on any atom is 0.0964 e. The van der Waals surface area contributed by atoms with Crippen LogP contribution in [0.2, 0.25) is 10.0 Å². The number of halogens is 2. The number of anilines is 1. The summed E-state index contributed by atoms with van der Waals surface area (Å²) in [4.78, 5) is 9.77. The summed E-state index contributed by atoms with van der Waals surface area (Å²) in [5, 5.41) is 1.33. The van der Waals surface area contributed by atoms with E-state index in [4.69, 9.17) is 28.9 Å². The molecular weight excluding hydrogens is 441 g/mol. The first kappa shape index (κ1) is 22.0. The molecular formula is C25H31Cl2N5. The monoisotopic (exact) mass is 471 g/mol. The van der Waals surface area contributed by atoms with Gasteiger partial charge in [0.1, 0.15) is 0 Å². The number of nitrogens with zero attached hydrogens (tertiary/aromatic N) is 4. The molecule has 5 rings (SSSR count). The van der Waals surface area contributed by atoms with Gasteiger partial charge in [0.2, 0.25) is 0 Å². The fourth-order valence-corrected chi connectivity index (χ4v) is 5.94. The van der Waals surface area contributed by atoms with E-state index in [1.165, 1.54) is 37.9 Å². The molecule has 2 fully saturated rings. The Morgan fingerprint density at radius 1 is 1.03 bits per heavy atom. The molecule has 3 heterocycles. The zero-order valence-electron chi connectivity index (χ0n) is 18.6. The average Bonchev–Trinajstić information content (AvgIpc) is 3.22. The first-order chi connectivity index (χ1) is 15.5. The molecule has 32 heavy (non-hydrogen) atoms. The number of hydrogen-bond donors (Lipinski definition) is 1. The predicted molar refractivity (Wildman–Crippen MR) is 134 cm³/mol. The van der Waals surface area contributed by atoms with Crippen molar-refractivity contribution in [1.29, 1.82) is 0 Å². The van der Waals surface area contributed by atoms with Crippen molar-refractivity contribution in [2.75, 3.05) is 31.1 Å². The maximum atomic E-state index is 6.49. The fraction of sp³-hybridized carbons (Fsp3) is 0.480. The highest BCUT2D eigenvalue weighted by Crippen LogP contribution is 2.32. The molecule has 3 aromatic rings. The zero-order chi connectivity index (χ0) is 22.2. The molecule has 2 aliphatic heterocycles. The summed E-state index contributed by atoms with van der Waals surface area (Å²) in [6, 6.07) is 13.4. The highest BCUT2D eigenvalue weighted by molar-refractivity contribution is 6.35. The minimum Gasteiger partial charge on any atom is -0.371 e. The second-order valence-electron chi connectivity index (χ2n) is 9.28. The van der Waals surface area contributed by atoms with Crippen LogP contribution in [-0.4, -0.2) is 52.7 Å². The molecule has 1 unspecified atom stereocenters. The Hall–Kier alpha value is -1.79. The topological polar surface area (TPSA) is 50.3 Å². The van der Waals surface area contributed by atoms with E-state index < -0.39 is 0 Å². The van der Waals surface area contributed by atoms with Crippen molar-refractivity contribution < 1.29 is 0 Å². The van der Waals surface area contributed by atoms with Crippen LogP contribution in [0.25, 0.3) is 11.0 Å².